The second-order valence-electron chi connectivity index (χ2n) is 5.37. The molecule has 1 aliphatic carbocycles. The van der Waals surface area contributed by atoms with Crippen LogP contribution in [0.15, 0.2) is 24.3 Å². The number of nitrogens with one attached hydrogen (secondary N) is 1. The Morgan fingerprint density at radius 1 is 1.24 bits per heavy atom. The van der Waals surface area contributed by atoms with E-state index in [0.717, 1.165) is 11.5 Å². The Kier molecular flexibility index (Phi) is 4.16. The highest BCUT2D eigenvalue weighted by atomic mass is 19.1. The molecule has 0 spiro atoms. The summed E-state index contributed by atoms with van der Waals surface area (Å²) in [6.45, 7) is 4.39. The smallest absolute Gasteiger partial charge is 0.123 e. The van der Waals surface area contributed by atoms with Gasteiger partial charge in [0.2, 0.25) is 0 Å². The zero-order valence-electron chi connectivity index (χ0n) is 10.7. The molecule has 1 aromatic rings. The molecule has 1 aliphatic rings. The van der Waals surface area contributed by atoms with Gasteiger partial charge in [-0.15, -0.1) is 0 Å². The average Bonchev–Trinajstić information content (AvgIpc) is 2.24. The van der Waals surface area contributed by atoms with Gasteiger partial charge in [0, 0.05) is 12.1 Å². The lowest BCUT2D eigenvalue weighted by Crippen LogP contribution is -2.32. The molecule has 2 atom stereocenters. The summed E-state index contributed by atoms with van der Waals surface area (Å²) in [5.74, 6) is 0.765. The molecule has 0 aliphatic heterocycles. The van der Waals surface area contributed by atoms with Crippen LogP contribution >= 0.6 is 0 Å². The first-order chi connectivity index (χ1) is 8.15. The fourth-order valence-corrected chi connectivity index (χ4v) is 2.57. The molecule has 0 amide bonds. The summed E-state index contributed by atoms with van der Waals surface area (Å²) in [6, 6.07) is 7.63. The van der Waals surface area contributed by atoms with Crippen LogP contribution in [0.25, 0.3) is 0 Å². The monoisotopic (exact) mass is 235 g/mol. The van der Waals surface area contributed by atoms with Gasteiger partial charge in [-0.1, -0.05) is 31.4 Å². The van der Waals surface area contributed by atoms with Gasteiger partial charge in [-0.05, 0) is 43.9 Å². The van der Waals surface area contributed by atoms with Gasteiger partial charge in [0.05, 0.1) is 0 Å². The Labute approximate surface area is 103 Å². The second kappa shape index (κ2) is 5.63. The Balaban J connectivity index is 1.82. The Morgan fingerprint density at radius 2 is 1.88 bits per heavy atom. The van der Waals surface area contributed by atoms with Gasteiger partial charge in [-0.2, -0.15) is 0 Å². The van der Waals surface area contributed by atoms with E-state index in [0.29, 0.717) is 12.1 Å². The molecule has 0 aromatic heterocycles. The molecule has 1 saturated carbocycles. The first-order valence-corrected chi connectivity index (χ1v) is 6.66. The summed E-state index contributed by atoms with van der Waals surface area (Å²) in [5, 5.41) is 3.59. The normalized spacial score (nSPS) is 19.7. The fourth-order valence-electron chi connectivity index (χ4n) is 2.57. The first-order valence-electron chi connectivity index (χ1n) is 6.66. The minimum Gasteiger partial charge on any atom is -0.308 e. The van der Waals surface area contributed by atoms with Crippen LogP contribution in [0.5, 0.6) is 0 Å². The predicted molar refractivity (Wildman–Crippen MR) is 69.4 cm³/mol. The zero-order chi connectivity index (χ0) is 12.3. The van der Waals surface area contributed by atoms with Gasteiger partial charge in [-0.3, -0.25) is 0 Å². The molecule has 0 radical (unpaired) electrons. The van der Waals surface area contributed by atoms with Crippen molar-refractivity contribution in [3.8, 4) is 0 Å². The minimum atomic E-state index is -0.163. The molecule has 2 heteroatoms. The molecular formula is C15H22FN. The number of benzene rings is 1. The third-order valence-corrected chi connectivity index (χ3v) is 3.82. The van der Waals surface area contributed by atoms with Crippen molar-refractivity contribution in [2.75, 3.05) is 0 Å². The van der Waals surface area contributed by atoms with Gasteiger partial charge < -0.3 is 5.32 Å². The number of halogens is 1. The summed E-state index contributed by atoms with van der Waals surface area (Å²) in [7, 11) is 0. The highest BCUT2D eigenvalue weighted by Gasteiger charge is 2.20. The van der Waals surface area contributed by atoms with Gasteiger partial charge in [-0.25, -0.2) is 4.39 Å². The van der Waals surface area contributed by atoms with Crippen molar-refractivity contribution >= 4 is 0 Å². The summed E-state index contributed by atoms with van der Waals surface area (Å²) in [6.07, 6.45) is 5.48. The van der Waals surface area contributed by atoms with Crippen molar-refractivity contribution in [2.24, 2.45) is 5.92 Å². The number of rotatable bonds is 5. The molecule has 1 aromatic carbocycles. The molecule has 1 nitrogen and oxygen atoms in total. The maximum atomic E-state index is 12.8. The van der Waals surface area contributed by atoms with Crippen molar-refractivity contribution in [1.29, 1.82) is 0 Å². The van der Waals surface area contributed by atoms with Crippen LogP contribution in [-0.4, -0.2) is 6.04 Å². The topological polar surface area (TPSA) is 12.0 Å². The summed E-state index contributed by atoms with van der Waals surface area (Å²) >= 11 is 0. The lowest BCUT2D eigenvalue weighted by Gasteiger charge is -2.30. The third-order valence-electron chi connectivity index (χ3n) is 3.82. The lowest BCUT2D eigenvalue weighted by atomic mass is 9.81. The van der Waals surface area contributed by atoms with E-state index in [2.05, 4.69) is 19.2 Å². The standard InChI is InChI=1S/C15H22FN/c1-11(10-13-4-3-5-13)17-12(2)14-6-8-15(16)9-7-14/h6-9,11-13,17H,3-5,10H2,1-2H3. The van der Waals surface area contributed by atoms with E-state index < -0.39 is 0 Å². The largest absolute Gasteiger partial charge is 0.308 e. The maximum Gasteiger partial charge on any atom is 0.123 e. The summed E-state index contributed by atoms with van der Waals surface area (Å²) < 4.78 is 12.8. The third kappa shape index (κ3) is 3.53. The van der Waals surface area contributed by atoms with E-state index in [1.807, 2.05) is 12.1 Å². The van der Waals surface area contributed by atoms with E-state index in [-0.39, 0.29) is 5.82 Å². The molecule has 0 saturated heterocycles. The Hall–Kier alpha value is -0.890. The van der Waals surface area contributed by atoms with Crippen LogP contribution in [0.4, 0.5) is 4.39 Å². The highest BCUT2D eigenvalue weighted by Crippen LogP contribution is 2.30. The Bertz CT molecular complexity index is 342. The molecule has 0 bridgehead atoms. The molecular weight excluding hydrogens is 213 g/mol. The van der Waals surface area contributed by atoms with Gasteiger partial charge in [0.1, 0.15) is 5.82 Å². The molecule has 1 N–H and O–H groups in total. The van der Waals surface area contributed by atoms with Crippen molar-refractivity contribution in [3.05, 3.63) is 35.6 Å². The van der Waals surface area contributed by atoms with Crippen LogP contribution in [-0.2, 0) is 0 Å². The second-order valence-corrected chi connectivity index (χ2v) is 5.37. The number of hydrogen-bond acceptors (Lipinski definition) is 1. The summed E-state index contributed by atoms with van der Waals surface area (Å²) in [5.41, 5.74) is 1.16. The van der Waals surface area contributed by atoms with E-state index >= 15 is 0 Å². The van der Waals surface area contributed by atoms with Crippen molar-refractivity contribution < 1.29 is 4.39 Å². The van der Waals surface area contributed by atoms with Crippen LogP contribution in [0.3, 0.4) is 0 Å². The van der Waals surface area contributed by atoms with E-state index in [1.165, 1.54) is 37.8 Å². The molecule has 2 unspecified atom stereocenters. The van der Waals surface area contributed by atoms with Crippen LogP contribution in [0, 0.1) is 11.7 Å². The highest BCUT2D eigenvalue weighted by molar-refractivity contribution is 5.19. The van der Waals surface area contributed by atoms with Gasteiger partial charge in [0.25, 0.3) is 0 Å². The van der Waals surface area contributed by atoms with Crippen molar-refractivity contribution in [2.45, 2.75) is 51.6 Å². The predicted octanol–water partition coefficient (Wildman–Crippen LogP) is 4.06. The molecule has 0 heterocycles. The Morgan fingerprint density at radius 3 is 2.41 bits per heavy atom. The summed E-state index contributed by atoms with van der Waals surface area (Å²) in [4.78, 5) is 0. The van der Waals surface area contributed by atoms with Crippen LogP contribution < -0.4 is 5.32 Å². The van der Waals surface area contributed by atoms with Crippen LogP contribution in [0.2, 0.25) is 0 Å². The molecule has 2 rings (SSSR count). The fraction of sp³-hybridized carbons (Fsp3) is 0.600. The van der Waals surface area contributed by atoms with E-state index in [9.17, 15) is 4.39 Å². The van der Waals surface area contributed by atoms with E-state index in [4.69, 9.17) is 0 Å². The minimum absolute atomic E-state index is 0.163. The van der Waals surface area contributed by atoms with Gasteiger partial charge in [0.15, 0.2) is 0 Å². The van der Waals surface area contributed by atoms with Crippen LogP contribution in [0.1, 0.15) is 51.1 Å². The quantitative estimate of drug-likeness (QED) is 0.811. The molecule has 17 heavy (non-hydrogen) atoms. The zero-order valence-corrected chi connectivity index (χ0v) is 10.7. The van der Waals surface area contributed by atoms with Crippen molar-refractivity contribution in [1.82, 2.24) is 5.32 Å². The molecule has 1 fully saturated rings. The van der Waals surface area contributed by atoms with Crippen molar-refractivity contribution in [3.63, 3.8) is 0 Å². The lowest BCUT2D eigenvalue weighted by molar-refractivity contribution is 0.259. The number of hydrogen-bond donors (Lipinski definition) is 1. The maximum absolute atomic E-state index is 12.8. The first kappa shape index (κ1) is 12.6. The SMILES string of the molecule is CC(CC1CCC1)NC(C)c1ccc(F)cc1. The van der Waals surface area contributed by atoms with E-state index in [1.54, 1.807) is 0 Å². The molecule has 94 valence electrons. The average molecular weight is 235 g/mol. The van der Waals surface area contributed by atoms with Gasteiger partial charge >= 0.3 is 0 Å².